The van der Waals surface area contributed by atoms with Crippen LogP contribution in [0.2, 0.25) is 0 Å². The highest BCUT2D eigenvalue weighted by Crippen LogP contribution is 2.36. The predicted molar refractivity (Wildman–Crippen MR) is 224 cm³/mol. The molecule has 55 heavy (non-hydrogen) atoms. The molecule has 10 rings (SSSR count). The van der Waals surface area contributed by atoms with Crippen molar-refractivity contribution in [3.8, 4) is 78.9 Å². The van der Waals surface area contributed by atoms with Crippen LogP contribution in [0.15, 0.2) is 182 Å². The van der Waals surface area contributed by atoms with Crippen LogP contribution >= 0.6 is 11.3 Å². The molecule has 0 aliphatic rings. The van der Waals surface area contributed by atoms with Crippen molar-refractivity contribution in [2.75, 3.05) is 0 Å². The third-order valence-corrected chi connectivity index (χ3v) is 10.7. The summed E-state index contributed by atoms with van der Waals surface area (Å²) < 4.78 is 1.00. The molecule has 0 aliphatic carbocycles. The van der Waals surface area contributed by atoms with Crippen molar-refractivity contribution in [2.24, 2.45) is 0 Å². The van der Waals surface area contributed by atoms with E-state index in [2.05, 4.69) is 91.0 Å². The van der Waals surface area contributed by atoms with E-state index in [1.807, 2.05) is 91.3 Å². The van der Waals surface area contributed by atoms with Gasteiger partial charge in [-0.15, -0.1) is 11.3 Å². The molecule has 258 valence electrons. The summed E-state index contributed by atoms with van der Waals surface area (Å²) in [5.74, 6) is 2.48. The monoisotopic (exact) mass is 722 g/mol. The van der Waals surface area contributed by atoms with Crippen molar-refractivity contribution >= 4 is 31.8 Å². The second kappa shape index (κ2) is 14.0. The molecule has 0 N–H and O–H groups in total. The average molecular weight is 723 g/mol. The van der Waals surface area contributed by atoms with E-state index in [1.54, 1.807) is 11.3 Å². The minimum absolute atomic E-state index is 0.595. The fraction of sp³-hybridized carbons (Fsp3) is 0. The van der Waals surface area contributed by atoms with Crippen LogP contribution < -0.4 is 0 Å². The van der Waals surface area contributed by atoms with Crippen molar-refractivity contribution in [3.63, 3.8) is 0 Å². The molecule has 0 radical (unpaired) electrons. The molecule has 0 aliphatic heterocycles. The molecule has 4 heterocycles. The zero-order valence-corrected chi connectivity index (χ0v) is 30.2. The van der Waals surface area contributed by atoms with Crippen LogP contribution in [-0.2, 0) is 0 Å². The van der Waals surface area contributed by atoms with Crippen LogP contribution in [0.4, 0.5) is 0 Å². The number of nitrogens with zero attached hydrogens (tertiary/aromatic N) is 6. The fourth-order valence-electron chi connectivity index (χ4n) is 6.81. The van der Waals surface area contributed by atoms with E-state index < -0.39 is 0 Å². The average Bonchev–Trinajstić information content (AvgIpc) is 3.65. The predicted octanol–water partition coefficient (Wildman–Crippen LogP) is 12.1. The summed E-state index contributed by atoms with van der Waals surface area (Å²) in [4.78, 5) is 30.5. The third kappa shape index (κ3) is 6.43. The van der Waals surface area contributed by atoms with Gasteiger partial charge in [0.1, 0.15) is 4.83 Å². The van der Waals surface area contributed by atoms with Gasteiger partial charge in [-0.25, -0.2) is 29.9 Å². The normalized spacial score (nSPS) is 11.3. The maximum Gasteiger partial charge on any atom is 0.164 e. The lowest BCUT2D eigenvalue weighted by molar-refractivity contribution is 1.07. The van der Waals surface area contributed by atoms with Gasteiger partial charge < -0.3 is 0 Å². The van der Waals surface area contributed by atoms with Crippen molar-refractivity contribution < 1.29 is 0 Å². The molecule has 7 heteroatoms. The molecule has 10 aromatic rings. The molecule has 6 nitrogen and oxygen atoms in total. The van der Waals surface area contributed by atoms with Gasteiger partial charge in [-0.2, -0.15) is 0 Å². The zero-order chi connectivity index (χ0) is 36.6. The topological polar surface area (TPSA) is 77.3 Å². The number of fused-ring (bicyclic) bond motifs is 3. The number of hydrogen-bond donors (Lipinski definition) is 0. The van der Waals surface area contributed by atoms with Crippen molar-refractivity contribution in [1.82, 2.24) is 29.9 Å². The smallest absolute Gasteiger partial charge is 0.164 e. The molecule has 0 spiro atoms. The number of thiophene rings is 1. The summed E-state index contributed by atoms with van der Waals surface area (Å²) in [6.07, 6.45) is 3.85. The summed E-state index contributed by atoms with van der Waals surface area (Å²) in [5, 5.41) is 1.02. The Hall–Kier alpha value is -7.22. The summed E-state index contributed by atoms with van der Waals surface area (Å²) in [6.45, 7) is 0. The Morgan fingerprint density at radius 2 is 0.745 bits per heavy atom. The largest absolute Gasteiger partial charge is 0.245 e. The van der Waals surface area contributed by atoms with Crippen LogP contribution in [0.5, 0.6) is 0 Å². The fourth-order valence-corrected chi connectivity index (χ4v) is 7.75. The number of pyridine rings is 1. The Kier molecular flexibility index (Phi) is 8.24. The first-order chi connectivity index (χ1) is 27.2. The maximum atomic E-state index is 5.09. The summed E-state index contributed by atoms with van der Waals surface area (Å²) >= 11 is 1.61. The Labute approximate surface area is 321 Å². The van der Waals surface area contributed by atoms with Gasteiger partial charge in [-0.1, -0.05) is 158 Å². The van der Waals surface area contributed by atoms with E-state index in [9.17, 15) is 0 Å². The van der Waals surface area contributed by atoms with E-state index >= 15 is 0 Å². The van der Waals surface area contributed by atoms with E-state index in [0.29, 0.717) is 23.3 Å². The van der Waals surface area contributed by atoms with Gasteiger partial charge in [0, 0.05) is 45.6 Å². The highest BCUT2D eigenvalue weighted by Gasteiger charge is 2.15. The first-order valence-corrected chi connectivity index (χ1v) is 18.8. The quantitative estimate of drug-likeness (QED) is 0.163. The molecular weight excluding hydrogens is 693 g/mol. The third-order valence-electron chi connectivity index (χ3n) is 9.69. The van der Waals surface area contributed by atoms with Crippen LogP contribution in [-0.4, -0.2) is 29.9 Å². The summed E-state index contributed by atoms with van der Waals surface area (Å²) in [5.41, 5.74) is 11.3. The first kappa shape index (κ1) is 32.4. The minimum Gasteiger partial charge on any atom is -0.245 e. The Balaban J connectivity index is 0.986. The molecule has 6 aromatic carbocycles. The first-order valence-electron chi connectivity index (χ1n) is 18.0. The SMILES string of the molecule is c1ccc(-c2ccc(-c3nc(-c4ccccc4)nc(-c4ccc(-c5ncc6sc7ncc(-c8cccc(-c9ccccc9)c8)cc7c6n5)cc4)n3)cc2)cc1. The number of aromatic nitrogens is 6. The van der Waals surface area contributed by atoms with Crippen molar-refractivity contribution in [2.45, 2.75) is 0 Å². The van der Waals surface area contributed by atoms with Gasteiger partial charge in [0.2, 0.25) is 0 Å². The van der Waals surface area contributed by atoms with E-state index in [4.69, 9.17) is 29.9 Å². The van der Waals surface area contributed by atoms with Gasteiger partial charge in [0.15, 0.2) is 23.3 Å². The lowest BCUT2D eigenvalue weighted by Crippen LogP contribution is -2.00. The zero-order valence-electron chi connectivity index (χ0n) is 29.4. The van der Waals surface area contributed by atoms with E-state index in [1.165, 1.54) is 11.1 Å². The molecule has 0 fully saturated rings. The standard InChI is InChI=1S/C48H30N6S/c1-4-11-31(12-5-1)33-19-21-36(22-20-33)46-52-45(34-15-8-3-9-16-34)53-47(54-46)37-25-23-35(24-26-37)44-49-30-42-43(51-44)41-28-40(29-50-48(41)55-42)39-18-10-17-38(27-39)32-13-6-2-7-14-32/h1-30H. The lowest BCUT2D eigenvalue weighted by atomic mass is 9.99. The molecule has 0 unspecified atom stereocenters. The second-order valence-electron chi connectivity index (χ2n) is 13.2. The Bertz CT molecular complexity index is 2950. The van der Waals surface area contributed by atoms with Gasteiger partial charge in [-0.05, 0) is 39.9 Å². The van der Waals surface area contributed by atoms with Crippen molar-refractivity contribution in [1.29, 1.82) is 0 Å². The highest BCUT2D eigenvalue weighted by molar-refractivity contribution is 7.25. The lowest BCUT2D eigenvalue weighted by Gasteiger charge is -2.09. The minimum atomic E-state index is 0.595. The molecule has 0 amide bonds. The molecule has 0 bridgehead atoms. The van der Waals surface area contributed by atoms with Crippen LogP contribution in [0.25, 0.3) is 99.4 Å². The number of hydrogen-bond acceptors (Lipinski definition) is 7. The van der Waals surface area contributed by atoms with Crippen LogP contribution in [0.1, 0.15) is 0 Å². The van der Waals surface area contributed by atoms with E-state index in [0.717, 1.165) is 64.9 Å². The van der Waals surface area contributed by atoms with Gasteiger partial charge in [0.25, 0.3) is 0 Å². The van der Waals surface area contributed by atoms with Gasteiger partial charge in [-0.3, -0.25) is 0 Å². The van der Waals surface area contributed by atoms with E-state index in [-0.39, 0.29) is 0 Å². The molecule has 4 aromatic heterocycles. The Morgan fingerprint density at radius 1 is 0.309 bits per heavy atom. The number of rotatable bonds is 7. The van der Waals surface area contributed by atoms with Gasteiger partial charge in [0.05, 0.1) is 10.2 Å². The van der Waals surface area contributed by atoms with Crippen LogP contribution in [0, 0.1) is 0 Å². The van der Waals surface area contributed by atoms with Crippen LogP contribution in [0.3, 0.4) is 0 Å². The number of benzene rings is 6. The Morgan fingerprint density at radius 3 is 1.33 bits per heavy atom. The summed E-state index contributed by atoms with van der Waals surface area (Å²) in [7, 11) is 0. The molecule has 0 saturated heterocycles. The van der Waals surface area contributed by atoms with Crippen molar-refractivity contribution in [3.05, 3.63) is 182 Å². The highest BCUT2D eigenvalue weighted by atomic mass is 32.1. The second-order valence-corrected chi connectivity index (χ2v) is 14.3. The van der Waals surface area contributed by atoms with Gasteiger partial charge >= 0.3 is 0 Å². The summed E-state index contributed by atoms with van der Waals surface area (Å²) in [6, 6.07) is 58.1. The molecule has 0 atom stereocenters. The maximum absolute atomic E-state index is 5.09. The molecular formula is C48H30N6S. The molecule has 0 saturated carbocycles.